The number of ether oxygens (including phenoxy) is 1. The minimum atomic E-state index is -3.31. The second-order valence-corrected chi connectivity index (χ2v) is 7.53. The predicted molar refractivity (Wildman–Crippen MR) is 85.7 cm³/mol. The van der Waals surface area contributed by atoms with Crippen molar-refractivity contribution in [1.29, 1.82) is 0 Å². The second kappa shape index (κ2) is 6.14. The third-order valence-corrected chi connectivity index (χ3v) is 4.78. The number of hydrogen-bond donors (Lipinski definition) is 1. The van der Waals surface area contributed by atoms with Gasteiger partial charge in [-0.1, -0.05) is 42.5 Å². The summed E-state index contributed by atoms with van der Waals surface area (Å²) in [6.45, 7) is 0.427. The van der Waals surface area contributed by atoms with E-state index in [1.807, 2.05) is 30.3 Å². The van der Waals surface area contributed by atoms with E-state index in [1.165, 1.54) is 6.26 Å². The molecule has 2 aromatic carbocycles. The summed E-state index contributed by atoms with van der Waals surface area (Å²) in [6, 6.07) is 15.6. The highest BCUT2D eigenvalue weighted by Gasteiger charge is 2.33. The summed E-state index contributed by atoms with van der Waals surface area (Å²) in [6.07, 6.45) is 0.763. The first-order valence-electron chi connectivity index (χ1n) is 7.22. The highest BCUT2D eigenvalue weighted by molar-refractivity contribution is 7.90. The maximum absolute atomic E-state index is 12.1. The van der Waals surface area contributed by atoms with Crippen molar-refractivity contribution in [3.8, 4) is 0 Å². The van der Waals surface area contributed by atoms with Gasteiger partial charge in [-0.05, 0) is 23.3 Å². The van der Waals surface area contributed by atoms with Crippen molar-refractivity contribution >= 4 is 15.7 Å². The standard InChI is InChI=1S/C17H17NO4S/c1-23(20,21)14-9-5-8-13(10-14)16(12-6-3-2-4-7-12)18-17(19)15-11-22-15/h2-10,15-16H,11H2,1H3,(H,18,19). The third-order valence-electron chi connectivity index (χ3n) is 3.66. The Kier molecular flexibility index (Phi) is 4.19. The molecule has 1 saturated heterocycles. The number of carbonyl (C=O) groups is 1. The van der Waals surface area contributed by atoms with Gasteiger partial charge >= 0.3 is 0 Å². The normalized spacial score (nSPS) is 18.2. The van der Waals surface area contributed by atoms with E-state index in [1.54, 1.807) is 24.3 Å². The Bertz CT molecular complexity index is 813. The van der Waals surface area contributed by atoms with E-state index in [-0.39, 0.29) is 10.8 Å². The van der Waals surface area contributed by atoms with Crippen LogP contribution in [0.4, 0.5) is 0 Å². The highest BCUT2D eigenvalue weighted by atomic mass is 32.2. The van der Waals surface area contributed by atoms with E-state index in [2.05, 4.69) is 5.32 Å². The molecular weight excluding hydrogens is 314 g/mol. The minimum absolute atomic E-state index is 0.191. The van der Waals surface area contributed by atoms with Crippen LogP contribution < -0.4 is 5.32 Å². The molecule has 0 saturated carbocycles. The molecule has 0 bridgehead atoms. The molecule has 3 rings (SSSR count). The van der Waals surface area contributed by atoms with Crippen LogP contribution in [0, 0.1) is 0 Å². The molecule has 5 nitrogen and oxygen atoms in total. The van der Waals surface area contributed by atoms with Gasteiger partial charge in [0.25, 0.3) is 5.91 Å². The largest absolute Gasteiger partial charge is 0.363 e. The maximum Gasteiger partial charge on any atom is 0.252 e. The Morgan fingerprint density at radius 3 is 2.39 bits per heavy atom. The molecule has 1 aliphatic heterocycles. The first-order valence-corrected chi connectivity index (χ1v) is 9.11. The molecule has 0 aliphatic carbocycles. The van der Waals surface area contributed by atoms with Crippen LogP contribution in [0.2, 0.25) is 0 Å². The lowest BCUT2D eigenvalue weighted by Gasteiger charge is -2.20. The summed E-state index contributed by atoms with van der Waals surface area (Å²) < 4.78 is 28.6. The minimum Gasteiger partial charge on any atom is -0.363 e. The van der Waals surface area contributed by atoms with Crippen LogP contribution in [0.1, 0.15) is 17.2 Å². The number of carbonyl (C=O) groups excluding carboxylic acids is 1. The lowest BCUT2D eigenvalue weighted by molar-refractivity contribution is -0.122. The van der Waals surface area contributed by atoms with E-state index in [0.717, 1.165) is 5.56 Å². The van der Waals surface area contributed by atoms with Gasteiger partial charge in [-0.2, -0.15) is 0 Å². The molecule has 23 heavy (non-hydrogen) atoms. The number of nitrogens with one attached hydrogen (secondary N) is 1. The molecule has 120 valence electrons. The van der Waals surface area contributed by atoms with Crippen LogP contribution in [-0.2, 0) is 19.4 Å². The molecule has 2 unspecified atom stereocenters. The van der Waals surface area contributed by atoms with Gasteiger partial charge in [-0.15, -0.1) is 0 Å². The molecule has 1 heterocycles. The predicted octanol–water partition coefficient (Wildman–Crippen LogP) is 1.69. The highest BCUT2D eigenvalue weighted by Crippen LogP contribution is 2.25. The average molecular weight is 331 g/mol. The second-order valence-electron chi connectivity index (χ2n) is 5.52. The molecule has 1 fully saturated rings. The van der Waals surface area contributed by atoms with Crippen LogP contribution in [-0.4, -0.2) is 33.3 Å². The van der Waals surface area contributed by atoms with Crippen LogP contribution in [0.3, 0.4) is 0 Å². The summed E-state index contributed by atoms with van der Waals surface area (Å²) in [5.41, 5.74) is 1.60. The molecule has 0 radical (unpaired) electrons. The van der Waals surface area contributed by atoms with E-state index >= 15 is 0 Å². The van der Waals surface area contributed by atoms with Crippen molar-refractivity contribution in [3.63, 3.8) is 0 Å². The topological polar surface area (TPSA) is 75.8 Å². The van der Waals surface area contributed by atoms with E-state index in [4.69, 9.17) is 4.74 Å². The van der Waals surface area contributed by atoms with Gasteiger partial charge in [0.2, 0.25) is 0 Å². The zero-order chi connectivity index (χ0) is 16.4. The number of amides is 1. The van der Waals surface area contributed by atoms with Crippen LogP contribution in [0.25, 0.3) is 0 Å². The van der Waals surface area contributed by atoms with Crippen LogP contribution >= 0.6 is 0 Å². The van der Waals surface area contributed by atoms with Crippen LogP contribution in [0.5, 0.6) is 0 Å². The Hall–Kier alpha value is -2.18. The Balaban J connectivity index is 1.99. The average Bonchev–Trinajstić information content (AvgIpc) is 3.37. The zero-order valence-corrected chi connectivity index (χ0v) is 13.4. The van der Waals surface area contributed by atoms with Crippen molar-refractivity contribution in [3.05, 3.63) is 65.7 Å². The summed E-state index contributed by atoms with van der Waals surface area (Å²) in [5.74, 6) is -0.191. The Morgan fingerprint density at radius 2 is 1.78 bits per heavy atom. The zero-order valence-electron chi connectivity index (χ0n) is 12.6. The Labute approximate surface area is 135 Å². The van der Waals surface area contributed by atoms with E-state index < -0.39 is 22.0 Å². The Morgan fingerprint density at radius 1 is 1.13 bits per heavy atom. The third kappa shape index (κ3) is 3.78. The molecule has 2 atom stereocenters. The van der Waals surface area contributed by atoms with Crippen molar-refractivity contribution < 1.29 is 17.9 Å². The number of hydrogen-bond acceptors (Lipinski definition) is 4. The van der Waals surface area contributed by atoms with Gasteiger partial charge in [0, 0.05) is 6.26 Å². The molecule has 0 spiro atoms. The van der Waals surface area contributed by atoms with Crippen molar-refractivity contribution in [2.45, 2.75) is 17.0 Å². The van der Waals surface area contributed by atoms with Gasteiger partial charge in [0.15, 0.2) is 15.9 Å². The first-order chi connectivity index (χ1) is 10.9. The smallest absolute Gasteiger partial charge is 0.252 e. The molecule has 0 aromatic heterocycles. The molecule has 1 amide bonds. The van der Waals surface area contributed by atoms with Crippen molar-refractivity contribution in [2.24, 2.45) is 0 Å². The maximum atomic E-state index is 12.1. The number of epoxide rings is 1. The van der Waals surface area contributed by atoms with Gasteiger partial charge in [0.05, 0.1) is 17.5 Å². The number of benzene rings is 2. The fraction of sp³-hybridized carbons (Fsp3) is 0.235. The van der Waals surface area contributed by atoms with E-state index in [0.29, 0.717) is 12.2 Å². The summed E-state index contributed by atoms with van der Waals surface area (Å²) in [4.78, 5) is 12.3. The van der Waals surface area contributed by atoms with Crippen LogP contribution in [0.15, 0.2) is 59.5 Å². The first kappa shape index (κ1) is 15.7. The summed E-state index contributed by atoms with van der Waals surface area (Å²) >= 11 is 0. The molecule has 2 aromatic rings. The summed E-state index contributed by atoms with van der Waals surface area (Å²) in [5, 5.41) is 2.93. The SMILES string of the molecule is CS(=O)(=O)c1cccc(C(NC(=O)C2CO2)c2ccccc2)c1. The lowest BCUT2D eigenvalue weighted by Crippen LogP contribution is -2.32. The quantitative estimate of drug-likeness (QED) is 0.846. The fourth-order valence-electron chi connectivity index (χ4n) is 2.36. The van der Waals surface area contributed by atoms with Crippen molar-refractivity contribution in [1.82, 2.24) is 5.32 Å². The lowest BCUT2D eigenvalue weighted by atomic mass is 9.98. The number of sulfone groups is 1. The van der Waals surface area contributed by atoms with Gasteiger partial charge in [-0.3, -0.25) is 4.79 Å². The monoisotopic (exact) mass is 331 g/mol. The van der Waals surface area contributed by atoms with Gasteiger partial charge in [0.1, 0.15) is 0 Å². The molecule has 6 heteroatoms. The van der Waals surface area contributed by atoms with E-state index in [9.17, 15) is 13.2 Å². The van der Waals surface area contributed by atoms with Gasteiger partial charge in [-0.25, -0.2) is 8.42 Å². The van der Waals surface area contributed by atoms with Crippen molar-refractivity contribution in [2.75, 3.05) is 12.9 Å². The van der Waals surface area contributed by atoms with Gasteiger partial charge < -0.3 is 10.1 Å². The molecule has 1 N–H and O–H groups in total. The summed E-state index contributed by atoms with van der Waals surface area (Å²) in [7, 11) is -3.31. The number of rotatable bonds is 5. The molecular formula is C17H17NO4S. The fourth-order valence-corrected chi connectivity index (χ4v) is 3.04. The molecule has 1 aliphatic rings.